The predicted octanol–water partition coefficient (Wildman–Crippen LogP) is 14.0. The van der Waals surface area contributed by atoms with E-state index in [1.54, 1.807) is 0 Å². The zero-order valence-corrected chi connectivity index (χ0v) is 42.0. The summed E-state index contributed by atoms with van der Waals surface area (Å²) < 4.78 is 17.3. The molecule has 8 heteroatoms. The minimum atomic E-state index is -1.12. The van der Waals surface area contributed by atoms with Gasteiger partial charge in [-0.2, -0.15) is 0 Å². The molecule has 0 aliphatic heterocycles. The third-order valence-corrected chi connectivity index (χ3v) is 12.0. The highest BCUT2D eigenvalue weighted by molar-refractivity contribution is 5.70. The first-order valence-electron chi connectivity index (χ1n) is 26.5. The predicted molar refractivity (Wildman–Crippen MR) is 263 cm³/mol. The van der Waals surface area contributed by atoms with E-state index < -0.39 is 18.1 Å². The van der Waals surface area contributed by atoms with Crippen LogP contribution in [0.4, 0.5) is 0 Å². The van der Waals surface area contributed by atoms with Crippen molar-refractivity contribution >= 4 is 17.9 Å². The highest BCUT2D eigenvalue weighted by Gasteiger charge is 2.25. The molecule has 0 aliphatic carbocycles. The second-order valence-electron chi connectivity index (χ2n) is 19.1. The fourth-order valence-electron chi connectivity index (χ4n) is 7.97. The van der Waals surface area contributed by atoms with Gasteiger partial charge in [-0.05, 0) is 44.9 Å². The number of rotatable bonds is 48. The molecule has 63 heavy (non-hydrogen) atoms. The molecule has 2 atom stereocenters. The van der Waals surface area contributed by atoms with Crippen LogP contribution in [0.1, 0.15) is 245 Å². The van der Waals surface area contributed by atoms with Crippen LogP contribution in [0.2, 0.25) is 0 Å². The Morgan fingerprint density at radius 3 is 1.32 bits per heavy atom. The van der Waals surface area contributed by atoms with Gasteiger partial charge < -0.3 is 28.6 Å². The lowest BCUT2D eigenvalue weighted by Gasteiger charge is -2.34. The van der Waals surface area contributed by atoms with Gasteiger partial charge in [-0.25, -0.2) is 0 Å². The Morgan fingerprint density at radius 1 is 0.492 bits per heavy atom. The standard InChI is InChI=1S/C55H101NO7/c1-6-8-10-12-14-16-18-20-22-24-26-28-30-32-34-36-38-40-42-44-46-54(58)63-51(49-61-48-47-52(55(59)60)56(3,4)5)50-62-53(57)45-43-41-39-37-35-33-31-29-27-25-23-21-19-17-15-13-11-9-7-2/h8,10,14,16,20,22,51-52H,6-7,9,11-13,15,17-19,21,23-50H2,1-5H3/b10-8+,16-14+,22-20+. The van der Waals surface area contributed by atoms with E-state index in [0.717, 1.165) is 57.8 Å². The number of esters is 2. The number of ether oxygens (including phenoxy) is 3. The van der Waals surface area contributed by atoms with Crippen LogP contribution in [-0.4, -0.2) is 75.5 Å². The number of hydrogen-bond donors (Lipinski definition) is 0. The first-order chi connectivity index (χ1) is 30.6. The molecule has 0 fully saturated rings. The van der Waals surface area contributed by atoms with E-state index in [-0.39, 0.29) is 42.7 Å². The van der Waals surface area contributed by atoms with Gasteiger partial charge in [0, 0.05) is 19.3 Å². The summed E-state index contributed by atoms with van der Waals surface area (Å²) >= 11 is 0. The van der Waals surface area contributed by atoms with Gasteiger partial charge >= 0.3 is 11.9 Å². The van der Waals surface area contributed by atoms with E-state index in [1.807, 2.05) is 21.1 Å². The summed E-state index contributed by atoms with van der Waals surface area (Å²) in [5.41, 5.74) is 0. The molecule has 8 nitrogen and oxygen atoms in total. The van der Waals surface area contributed by atoms with E-state index >= 15 is 0 Å². The lowest BCUT2D eigenvalue weighted by Crippen LogP contribution is -2.55. The second kappa shape index (κ2) is 46.1. The van der Waals surface area contributed by atoms with Crippen molar-refractivity contribution in [1.29, 1.82) is 0 Å². The van der Waals surface area contributed by atoms with Crippen LogP contribution in [0.3, 0.4) is 0 Å². The highest BCUT2D eigenvalue weighted by Crippen LogP contribution is 2.17. The van der Waals surface area contributed by atoms with E-state index in [4.69, 9.17) is 14.2 Å². The van der Waals surface area contributed by atoms with Crippen molar-refractivity contribution in [2.24, 2.45) is 0 Å². The van der Waals surface area contributed by atoms with Gasteiger partial charge in [0.2, 0.25) is 0 Å². The number of carbonyl (C=O) groups excluding carboxylic acids is 3. The fourth-order valence-corrected chi connectivity index (χ4v) is 7.97. The Labute approximate surface area is 389 Å². The largest absolute Gasteiger partial charge is 0.544 e. The molecule has 0 N–H and O–H groups in total. The maximum atomic E-state index is 12.8. The molecule has 0 saturated heterocycles. The molecule has 0 bridgehead atoms. The molecule has 2 unspecified atom stereocenters. The topological polar surface area (TPSA) is 102 Å². The average molecular weight is 888 g/mol. The van der Waals surface area contributed by atoms with Gasteiger partial charge in [0.05, 0.1) is 40.3 Å². The van der Waals surface area contributed by atoms with Gasteiger partial charge in [0.15, 0.2) is 6.10 Å². The van der Waals surface area contributed by atoms with Crippen molar-refractivity contribution in [3.63, 3.8) is 0 Å². The van der Waals surface area contributed by atoms with Crippen LogP contribution in [0, 0.1) is 0 Å². The molecule has 0 amide bonds. The summed E-state index contributed by atoms with van der Waals surface area (Å²) in [6.07, 6.45) is 54.6. The molecule has 0 heterocycles. The van der Waals surface area contributed by atoms with Crippen molar-refractivity contribution in [1.82, 2.24) is 0 Å². The van der Waals surface area contributed by atoms with Crippen molar-refractivity contribution < 1.29 is 38.2 Å². The molecular weight excluding hydrogens is 787 g/mol. The average Bonchev–Trinajstić information content (AvgIpc) is 3.24. The Kier molecular flexibility index (Phi) is 44.3. The van der Waals surface area contributed by atoms with E-state index in [9.17, 15) is 19.5 Å². The fraction of sp³-hybridized carbons (Fsp3) is 0.836. The maximum absolute atomic E-state index is 12.8. The van der Waals surface area contributed by atoms with Crippen LogP contribution >= 0.6 is 0 Å². The van der Waals surface area contributed by atoms with E-state index in [0.29, 0.717) is 12.8 Å². The zero-order chi connectivity index (χ0) is 46.3. The molecule has 0 spiro atoms. The number of unbranched alkanes of at least 4 members (excludes halogenated alkanes) is 28. The molecule has 0 aromatic heterocycles. The number of nitrogens with zero attached hydrogens (tertiary/aromatic N) is 1. The van der Waals surface area contributed by atoms with Crippen molar-refractivity contribution in [2.45, 2.75) is 257 Å². The van der Waals surface area contributed by atoms with Gasteiger partial charge in [0.25, 0.3) is 0 Å². The number of likely N-dealkylation sites (N-methyl/N-ethyl adjacent to an activating group) is 1. The Bertz CT molecular complexity index is 1130. The Morgan fingerprint density at radius 2 is 0.889 bits per heavy atom. The lowest BCUT2D eigenvalue weighted by atomic mass is 10.0. The monoisotopic (exact) mass is 888 g/mol. The summed E-state index contributed by atoms with van der Waals surface area (Å²) in [5, 5.41) is 11.7. The van der Waals surface area contributed by atoms with Crippen molar-refractivity contribution in [3.8, 4) is 0 Å². The normalized spacial score (nSPS) is 13.1. The van der Waals surface area contributed by atoms with Crippen molar-refractivity contribution in [2.75, 3.05) is 41.0 Å². The lowest BCUT2D eigenvalue weighted by molar-refractivity contribution is -0.889. The first kappa shape index (κ1) is 60.5. The van der Waals surface area contributed by atoms with E-state index in [1.165, 1.54) is 154 Å². The summed E-state index contributed by atoms with van der Waals surface area (Å²) in [4.78, 5) is 37.1. The Hall–Kier alpha value is -2.45. The highest BCUT2D eigenvalue weighted by atomic mass is 16.6. The Balaban J connectivity index is 4.20. The van der Waals surface area contributed by atoms with Gasteiger partial charge in [-0.3, -0.25) is 9.59 Å². The van der Waals surface area contributed by atoms with Crippen LogP contribution in [0.25, 0.3) is 0 Å². The smallest absolute Gasteiger partial charge is 0.306 e. The number of aliphatic carboxylic acids is 1. The third-order valence-electron chi connectivity index (χ3n) is 12.0. The van der Waals surface area contributed by atoms with Crippen LogP contribution in [0.15, 0.2) is 36.5 Å². The van der Waals surface area contributed by atoms with Crippen molar-refractivity contribution in [3.05, 3.63) is 36.5 Å². The molecule has 368 valence electrons. The van der Waals surface area contributed by atoms with Gasteiger partial charge in [-0.1, -0.05) is 217 Å². The summed E-state index contributed by atoms with van der Waals surface area (Å²) in [5.74, 6) is -1.72. The minimum absolute atomic E-state index is 0.0426. The first-order valence-corrected chi connectivity index (χ1v) is 26.5. The quantitative estimate of drug-likeness (QED) is 0.0259. The minimum Gasteiger partial charge on any atom is -0.544 e. The van der Waals surface area contributed by atoms with Crippen LogP contribution in [0.5, 0.6) is 0 Å². The van der Waals surface area contributed by atoms with Gasteiger partial charge in [-0.15, -0.1) is 0 Å². The van der Waals surface area contributed by atoms with Crippen LogP contribution in [-0.2, 0) is 28.6 Å². The number of quaternary nitrogens is 1. The van der Waals surface area contributed by atoms with Crippen LogP contribution < -0.4 is 5.11 Å². The third kappa shape index (κ3) is 44.5. The molecule has 0 saturated carbocycles. The number of hydrogen-bond acceptors (Lipinski definition) is 7. The molecule has 0 aliphatic rings. The summed E-state index contributed by atoms with van der Waals surface area (Å²) in [7, 11) is 5.42. The number of allylic oxidation sites excluding steroid dienone is 6. The molecular formula is C55H101NO7. The second-order valence-corrected chi connectivity index (χ2v) is 19.1. The zero-order valence-electron chi connectivity index (χ0n) is 42.0. The maximum Gasteiger partial charge on any atom is 0.306 e. The molecule has 0 aromatic carbocycles. The SMILES string of the molecule is CC/C=C/C/C=C/C/C=C/CCCCCCCCCCCCC(=O)OC(COCCC(C(=O)[O-])[N+](C)(C)C)COC(=O)CCCCCCCCCCCCCCCCCCCCC. The van der Waals surface area contributed by atoms with E-state index in [2.05, 4.69) is 50.3 Å². The number of carboxylic acids is 1. The molecule has 0 radical (unpaired) electrons. The number of carbonyl (C=O) groups is 3. The summed E-state index contributed by atoms with van der Waals surface area (Å²) in [6, 6.07) is -0.725. The summed E-state index contributed by atoms with van der Waals surface area (Å²) in [6.45, 7) is 4.59. The molecule has 0 rings (SSSR count). The number of carboxylic acid groups (broad SMARTS) is 1. The molecule has 0 aromatic rings. The van der Waals surface area contributed by atoms with Gasteiger partial charge in [0.1, 0.15) is 12.6 Å².